The van der Waals surface area contributed by atoms with E-state index in [1.807, 2.05) is 0 Å². The molecule has 0 unspecified atom stereocenters. The van der Waals surface area contributed by atoms with Gasteiger partial charge in [0.1, 0.15) is 0 Å². The standard InChI is InChI=1S/C6H13.3C3H8O.Ti/c1-3-5-6-4-2;3*1-3(2)4;/h1,3-6H2,2H3;3*3-4H,1-2H3;/q-1;;;;. The van der Waals surface area contributed by atoms with Gasteiger partial charge in [-0.15, -0.1) is 0 Å². The number of aliphatic hydroxyl groups is 3. The Bertz CT molecular complexity index is 81.0. The molecule has 0 fully saturated rings. The Hall–Kier alpha value is 0.594. The maximum Gasteiger partial charge on any atom is 0.0483 e. The van der Waals surface area contributed by atoms with Crippen LogP contribution in [-0.2, 0) is 21.7 Å². The minimum atomic E-state index is -0.167. The zero-order valence-electron chi connectivity index (χ0n) is 14.1. The van der Waals surface area contributed by atoms with E-state index in [4.69, 9.17) is 15.3 Å². The van der Waals surface area contributed by atoms with E-state index >= 15 is 0 Å². The molecule has 0 saturated carbocycles. The van der Waals surface area contributed by atoms with Gasteiger partial charge in [0.2, 0.25) is 0 Å². The van der Waals surface area contributed by atoms with Crippen LogP contribution in [0.15, 0.2) is 0 Å². The topological polar surface area (TPSA) is 60.7 Å². The van der Waals surface area contributed by atoms with E-state index in [9.17, 15) is 0 Å². The first-order chi connectivity index (χ1) is 8.11. The zero-order chi connectivity index (χ0) is 15.6. The third kappa shape index (κ3) is 396. The fourth-order valence-corrected chi connectivity index (χ4v) is 0.427. The molecular formula is C15H37O3Ti-. The van der Waals surface area contributed by atoms with Crippen LogP contribution in [-0.4, -0.2) is 33.6 Å². The van der Waals surface area contributed by atoms with Crippen LogP contribution in [0, 0.1) is 6.92 Å². The number of hydrogen-bond donors (Lipinski definition) is 3. The first kappa shape index (κ1) is 31.8. The van der Waals surface area contributed by atoms with Gasteiger partial charge in [0.15, 0.2) is 0 Å². The predicted octanol–water partition coefficient (Wildman–Crippen LogP) is 3.56. The van der Waals surface area contributed by atoms with Crippen molar-refractivity contribution < 1.29 is 37.0 Å². The normalized spacial score (nSPS) is 8.53. The van der Waals surface area contributed by atoms with Crippen molar-refractivity contribution in [2.75, 3.05) is 0 Å². The van der Waals surface area contributed by atoms with Crippen molar-refractivity contribution in [1.29, 1.82) is 0 Å². The van der Waals surface area contributed by atoms with Gasteiger partial charge in [0.05, 0.1) is 0 Å². The average Bonchev–Trinajstić information content (AvgIpc) is 2.11. The van der Waals surface area contributed by atoms with Gasteiger partial charge in [0, 0.05) is 40.0 Å². The van der Waals surface area contributed by atoms with Gasteiger partial charge in [0.25, 0.3) is 0 Å². The minimum absolute atomic E-state index is 0. The summed E-state index contributed by atoms with van der Waals surface area (Å²) in [7, 11) is 0. The van der Waals surface area contributed by atoms with E-state index in [1.54, 1.807) is 41.5 Å². The van der Waals surface area contributed by atoms with E-state index in [2.05, 4.69) is 13.8 Å². The Kier molecular flexibility index (Phi) is 52.1. The summed E-state index contributed by atoms with van der Waals surface area (Å²) in [5.41, 5.74) is 0. The number of unbranched alkanes of at least 4 members (excludes halogenated alkanes) is 3. The first-order valence-electron chi connectivity index (χ1n) is 6.95. The molecule has 19 heavy (non-hydrogen) atoms. The summed E-state index contributed by atoms with van der Waals surface area (Å²) in [6.45, 7) is 16.3. The molecule has 120 valence electrons. The summed E-state index contributed by atoms with van der Waals surface area (Å²) in [6, 6.07) is 0. The molecule has 0 rings (SSSR count). The van der Waals surface area contributed by atoms with E-state index in [0.29, 0.717) is 0 Å². The fourth-order valence-electron chi connectivity index (χ4n) is 0.427. The molecule has 3 nitrogen and oxygen atoms in total. The third-order valence-corrected chi connectivity index (χ3v) is 0.854. The molecule has 0 aliphatic heterocycles. The van der Waals surface area contributed by atoms with E-state index in [1.165, 1.54) is 19.3 Å². The van der Waals surface area contributed by atoms with Gasteiger partial charge in [-0.3, -0.25) is 0 Å². The molecule has 0 aromatic carbocycles. The van der Waals surface area contributed by atoms with E-state index in [-0.39, 0.29) is 40.0 Å². The maximum atomic E-state index is 8.06. The van der Waals surface area contributed by atoms with E-state index < -0.39 is 0 Å². The summed E-state index contributed by atoms with van der Waals surface area (Å²) in [5, 5.41) is 24.2. The molecular weight excluding hydrogens is 276 g/mol. The van der Waals surface area contributed by atoms with Crippen LogP contribution in [0.1, 0.15) is 74.1 Å². The van der Waals surface area contributed by atoms with Crippen molar-refractivity contribution in [2.24, 2.45) is 0 Å². The quantitative estimate of drug-likeness (QED) is 0.424. The molecule has 0 saturated heterocycles. The van der Waals surface area contributed by atoms with Crippen molar-refractivity contribution in [3.63, 3.8) is 0 Å². The van der Waals surface area contributed by atoms with Gasteiger partial charge < -0.3 is 22.2 Å². The van der Waals surface area contributed by atoms with Crippen LogP contribution in [0.3, 0.4) is 0 Å². The Morgan fingerprint density at radius 3 is 1.00 bits per heavy atom. The Balaban J connectivity index is -0.0000000459. The van der Waals surface area contributed by atoms with Gasteiger partial charge >= 0.3 is 0 Å². The number of rotatable bonds is 3. The minimum Gasteiger partial charge on any atom is -0.394 e. The third-order valence-electron chi connectivity index (χ3n) is 0.854. The summed E-state index contributed by atoms with van der Waals surface area (Å²) < 4.78 is 0. The SMILES string of the molecule is CC(C)O.CC(C)O.CC(C)O.[CH2-]CCCCC.[Ti]. The summed E-state index contributed by atoms with van der Waals surface area (Å²) >= 11 is 0. The Morgan fingerprint density at radius 1 is 0.737 bits per heavy atom. The summed E-state index contributed by atoms with van der Waals surface area (Å²) in [5.74, 6) is 0. The van der Waals surface area contributed by atoms with Crippen molar-refractivity contribution in [2.45, 2.75) is 92.5 Å². The van der Waals surface area contributed by atoms with E-state index in [0.717, 1.165) is 6.42 Å². The molecule has 3 N–H and O–H groups in total. The van der Waals surface area contributed by atoms with Gasteiger partial charge in [-0.2, -0.15) is 6.42 Å². The van der Waals surface area contributed by atoms with Crippen LogP contribution < -0.4 is 0 Å². The van der Waals surface area contributed by atoms with Gasteiger partial charge in [-0.05, 0) is 41.5 Å². The second-order valence-corrected chi connectivity index (χ2v) is 4.84. The van der Waals surface area contributed by atoms with Crippen molar-refractivity contribution in [1.82, 2.24) is 0 Å². The molecule has 4 heteroatoms. The van der Waals surface area contributed by atoms with Crippen molar-refractivity contribution in [3.05, 3.63) is 6.92 Å². The molecule has 0 aromatic rings. The van der Waals surface area contributed by atoms with Crippen LogP contribution in [0.2, 0.25) is 0 Å². The summed E-state index contributed by atoms with van der Waals surface area (Å²) in [4.78, 5) is 0. The number of hydrogen-bond acceptors (Lipinski definition) is 3. The molecule has 0 radical (unpaired) electrons. The molecule has 0 spiro atoms. The predicted molar refractivity (Wildman–Crippen MR) is 81.6 cm³/mol. The van der Waals surface area contributed by atoms with Crippen LogP contribution in [0.5, 0.6) is 0 Å². The molecule has 0 aliphatic rings. The zero-order valence-corrected chi connectivity index (χ0v) is 15.7. The molecule has 0 bridgehead atoms. The molecule has 0 amide bonds. The van der Waals surface area contributed by atoms with Crippen LogP contribution in [0.25, 0.3) is 0 Å². The molecule has 0 atom stereocenters. The van der Waals surface area contributed by atoms with Crippen LogP contribution >= 0.6 is 0 Å². The average molecular weight is 313 g/mol. The van der Waals surface area contributed by atoms with Gasteiger partial charge in [-0.25, -0.2) is 0 Å². The van der Waals surface area contributed by atoms with Crippen LogP contribution in [0.4, 0.5) is 0 Å². The van der Waals surface area contributed by atoms with Crippen molar-refractivity contribution in [3.8, 4) is 0 Å². The smallest absolute Gasteiger partial charge is 0.0483 e. The first-order valence-corrected chi connectivity index (χ1v) is 6.95. The number of aliphatic hydroxyl groups excluding tert-OH is 3. The molecule has 0 aliphatic carbocycles. The molecule has 0 aromatic heterocycles. The largest absolute Gasteiger partial charge is 0.394 e. The second kappa shape index (κ2) is 31.1. The summed E-state index contributed by atoms with van der Waals surface area (Å²) in [6.07, 6.45) is 4.57. The molecule has 0 heterocycles. The Morgan fingerprint density at radius 2 is 0.947 bits per heavy atom. The van der Waals surface area contributed by atoms with Gasteiger partial charge in [-0.1, -0.05) is 26.2 Å². The maximum absolute atomic E-state index is 8.06. The second-order valence-electron chi connectivity index (χ2n) is 4.84. The Labute approximate surface area is 136 Å². The monoisotopic (exact) mass is 313 g/mol. The van der Waals surface area contributed by atoms with Crippen molar-refractivity contribution >= 4 is 0 Å². The fraction of sp³-hybridized carbons (Fsp3) is 0.933.